The van der Waals surface area contributed by atoms with Gasteiger partial charge in [-0.15, -0.1) is 0 Å². The number of β-amino-alcohol motifs (C(OH)–C–C–N with tert-alkyl or cyclic N) is 1. The predicted molar refractivity (Wildman–Crippen MR) is 73.9 cm³/mol. The molecule has 1 aromatic rings. The minimum atomic E-state index is -0.175. The summed E-state index contributed by atoms with van der Waals surface area (Å²) in [4.78, 5) is 2.38. The van der Waals surface area contributed by atoms with Gasteiger partial charge in [-0.2, -0.15) is 0 Å². The van der Waals surface area contributed by atoms with Gasteiger partial charge in [-0.1, -0.05) is 34.1 Å². The van der Waals surface area contributed by atoms with Crippen LogP contribution in [0, 0.1) is 0 Å². The van der Waals surface area contributed by atoms with Crippen molar-refractivity contribution in [1.82, 2.24) is 4.90 Å². The largest absolute Gasteiger partial charge is 0.392 e. The van der Waals surface area contributed by atoms with Crippen molar-refractivity contribution < 1.29 is 5.11 Å². The number of halogens is 1. The molecule has 1 N–H and O–H groups in total. The van der Waals surface area contributed by atoms with Crippen molar-refractivity contribution >= 4 is 15.9 Å². The molecule has 1 atom stereocenters. The molecule has 1 saturated heterocycles. The Morgan fingerprint density at radius 3 is 2.82 bits per heavy atom. The standard InChI is InChI=1S/C14H20BrNO/c1-14(2)8-7-12(17)10-16(14)9-11-5-3-4-6-13(11)15/h3-6,12,17H,7-10H2,1-2H3. The molecule has 0 saturated carbocycles. The smallest absolute Gasteiger partial charge is 0.0668 e. The van der Waals surface area contributed by atoms with Gasteiger partial charge in [-0.05, 0) is 38.3 Å². The molecule has 0 aliphatic carbocycles. The maximum atomic E-state index is 9.81. The van der Waals surface area contributed by atoms with Gasteiger partial charge in [0.15, 0.2) is 0 Å². The summed E-state index contributed by atoms with van der Waals surface area (Å²) in [5.74, 6) is 0. The minimum Gasteiger partial charge on any atom is -0.392 e. The van der Waals surface area contributed by atoms with Gasteiger partial charge in [0, 0.05) is 23.1 Å². The maximum absolute atomic E-state index is 9.81. The summed E-state index contributed by atoms with van der Waals surface area (Å²) in [5.41, 5.74) is 1.46. The Labute approximate surface area is 112 Å². The van der Waals surface area contributed by atoms with Crippen LogP contribution in [-0.4, -0.2) is 28.2 Å². The zero-order valence-electron chi connectivity index (χ0n) is 10.5. The van der Waals surface area contributed by atoms with E-state index in [1.165, 1.54) is 5.56 Å². The van der Waals surface area contributed by atoms with E-state index in [2.05, 4.69) is 52.9 Å². The number of aliphatic hydroxyl groups excluding tert-OH is 1. The Kier molecular flexibility index (Phi) is 3.91. The van der Waals surface area contributed by atoms with Crippen LogP contribution in [0.1, 0.15) is 32.3 Å². The van der Waals surface area contributed by atoms with Gasteiger partial charge in [-0.3, -0.25) is 4.90 Å². The molecule has 94 valence electrons. The fraction of sp³-hybridized carbons (Fsp3) is 0.571. The van der Waals surface area contributed by atoms with E-state index in [1.807, 2.05) is 6.07 Å². The van der Waals surface area contributed by atoms with Gasteiger partial charge < -0.3 is 5.11 Å². The highest BCUT2D eigenvalue weighted by atomic mass is 79.9. The Hall–Kier alpha value is -0.380. The van der Waals surface area contributed by atoms with E-state index in [4.69, 9.17) is 0 Å². The molecule has 1 aromatic carbocycles. The number of benzene rings is 1. The second-order valence-corrected chi connectivity index (χ2v) is 6.33. The van der Waals surface area contributed by atoms with Crippen LogP contribution in [0.25, 0.3) is 0 Å². The molecule has 1 fully saturated rings. The third-order valence-corrected chi connectivity index (χ3v) is 4.47. The molecule has 2 rings (SSSR count). The van der Waals surface area contributed by atoms with E-state index < -0.39 is 0 Å². The summed E-state index contributed by atoms with van der Waals surface area (Å²) in [6.45, 7) is 6.19. The van der Waals surface area contributed by atoms with E-state index in [0.717, 1.165) is 30.4 Å². The van der Waals surface area contributed by atoms with E-state index in [9.17, 15) is 5.11 Å². The third-order valence-electron chi connectivity index (χ3n) is 3.70. The van der Waals surface area contributed by atoms with Crippen molar-refractivity contribution in [3.63, 3.8) is 0 Å². The molecule has 1 aliphatic heterocycles. The topological polar surface area (TPSA) is 23.5 Å². The molecule has 17 heavy (non-hydrogen) atoms. The molecule has 0 bridgehead atoms. The molecule has 0 aromatic heterocycles. The number of nitrogens with zero attached hydrogens (tertiary/aromatic N) is 1. The highest BCUT2D eigenvalue weighted by molar-refractivity contribution is 9.10. The monoisotopic (exact) mass is 297 g/mol. The molecule has 0 spiro atoms. The highest BCUT2D eigenvalue weighted by Gasteiger charge is 2.33. The van der Waals surface area contributed by atoms with Crippen molar-refractivity contribution in [3.05, 3.63) is 34.3 Å². The first-order valence-corrected chi connectivity index (χ1v) is 6.95. The first kappa shape index (κ1) is 13.1. The minimum absolute atomic E-state index is 0.175. The van der Waals surface area contributed by atoms with E-state index in [1.54, 1.807) is 0 Å². The quantitative estimate of drug-likeness (QED) is 0.906. The molecule has 0 amide bonds. The Morgan fingerprint density at radius 1 is 1.41 bits per heavy atom. The lowest BCUT2D eigenvalue weighted by Gasteiger charge is -2.44. The summed E-state index contributed by atoms with van der Waals surface area (Å²) >= 11 is 3.59. The number of hydrogen-bond donors (Lipinski definition) is 1. The Bertz CT molecular complexity index is 392. The number of rotatable bonds is 2. The zero-order valence-corrected chi connectivity index (χ0v) is 12.1. The third kappa shape index (κ3) is 3.09. The van der Waals surface area contributed by atoms with Crippen LogP contribution in [0.2, 0.25) is 0 Å². The lowest BCUT2D eigenvalue weighted by atomic mass is 9.88. The molecule has 3 heteroatoms. The maximum Gasteiger partial charge on any atom is 0.0668 e. The van der Waals surface area contributed by atoms with Gasteiger partial charge in [-0.25, -0.2) is 0 Å². The van der Waals surface area contributed by atoms with Crippen molar-refractivity contribution in [1.29, 1.82) is 0 Å². The molecular formula is C14H20BrNO. The zero-order chi connectivity index (χ0) is 12.5. The van der Waals surface area contributed by atoms with Gasteiger partial charge in [0.2, 0.25) is 0 Å². The molecule has 0 radical (unpaired) electrons. The fourth-order valence-electron chi connectivity index (χ4n) is 2.38. The van der Waals surface area contributed by atoms with E-state index >= 15 is 0 Å². The Balaban J connectivity index is 2.14. The van der Waals surface area contributed by atoms with Crippen molar-refractivity contribution in [2.24, 2.45) is 0 Å². The van der Waals surface area contributed by atoms with E-state index in [0.29, 0.717) is 0 Å². The SMILES string of the molecule is CC1(C)CCC(O)CN1Cc1ccccc1Br. The van der Waals surface area contributed by atoms with Crippen LogP contribution in [0.4, 0.5) is 0 Å². The molecule has 1 heterocycles. The lowest BCUT2D eigenvalue weighted by Crippen LogP contribution is -2.51. The predicted octanol–water partition coefficient (Wildman–Crippen LogP) is 3.18. The van der Waals surface area contributed by atoms with Crippen LogP contribution in [-0.2, 0) is 6.54 Å². The summed E-state index contributed by atoms with van der Waals surface area (Å²) < 4.78 is 1.15. The summed E-state index contributed by atoms with van der Waals surface area (Å²) in [7, 11) is 0. The number of aliphatic hydroxyl groups is 1. The first-order chi connectivity index (χ1) is 7.99. The van der Waals surface area contributed by atoms with Gasteiger partial charge in [0.25, 0.3) is 0 Å². The summed E-state index contributed by atoms with van der Waals surface area (Å²) in [5, 5.41) is 9.81. The van der Waals surface area contributed by atoms with Crippen molar-refractivity contribution in [2.45, 2.75) is 44.9 Å². The highest BCUT2D eigenvalue weighted by Crippen LogP contribution is 2.30. The second-order valence-electron chi connectivity index (χ2n) is 5.48. The first-order valence-electron chi connectivity index (χ1n) is 6.15. The van der Waals surface area contributed by atoms with Gasteiger partial charge in [0.05, 0.1) is 6.10 Å². The average molecular weight is 298 g/mol. The van der Waals surface area contributed by atoms with Crippen LogP contribution >= 0.6 is 15.9 Å². The van der Waals surface area contributed by atoms with E-state index in [-0.39, 0.29) is 11.6 Å². The summed E-state index contributed by atoms with van der Waals surface area (Å²) in [6.07, 6.45) is 1.79. The average Bonchev–Trinajstić information content (AvgIpc) is 2.27. The number of piperidine rings is 1. The van der Waals surface area contributed by atoms with Crippen LogP contribution in [0.15, 0.2) is 28.7 Å². The number of hydrogen-bond acceptors (Lipinski definition) is 2. The van der Waals surface area contributed by atoms with Crippen LogP contribution in [0.3, 0.4) is 0 Å². The van der Waals surface area contributed by atoms with Crippen LogP contribution < -0.4 is 0 Å². The Morgan fingerprint density at radius 2 is 2.12 bits per heavy atom. The molecular weight excluding hydrogens is 278 g/mol. The van der Waals surface area contributed by atoms with Crippen molar-refractivity contribution in [3.8, 4) is 0 Å². The molecule has 1 aliphatic rings. The fourth-order valence-corrected chi connectivity index (χ4v) is 2.79. The lowest BCUT2D eigenvalue weighted by molar-refractivity contribution is -0.00970. The second kappa shape index (κ2) is 5.09. The van der Waals surface area contributed by atoms with Gasteiger partial charge >= 0.3 is 0 Å². The normalized spacial score (nSPS) is 24.8. The molecule has 1 unspecified atom stereocenters. The van der Waals surface area contributed by atoms with Crippen molar-refractivity contribution in [2.75, 3.05) is 6.54 Å². The number of likely N-dealkylation sites (tertiary alicyclic amines) is 1. The molecule has 2 nitrogen and oxygen atoms in total. The summed E-state index contributed by atoms with van der Waals surface area (Å²) in [6, 6.07) is 8.31. The van der Waals surface area contributed by atoms with Gasteiger partial charge in [0.1, 0.15) is 0 Å². The van der Waals surface area contributed by atoms with Crippen LogP contribution in [0.5, 0.6) is 0 Å².